The number of carbonyl (C=O) groups is 2. The Morgan fingerprint density at radius 3 is 2.67 bits per heavy atom. The lowest BCUT2D eigenvalue weighted by molar-refractivity contribution is -0.133. The van der Waals surface area contributed by atoms with Gasteiger partial charge >= 0.3 is 0 Å². The highest BCUT2D eigenvalue weighted by molar-refractivity contribution is 5.99. The number of rotatable bonds is 3. The van der Waals surface area contributed by atoms with Gasteiger partial charge in [0.1, 0.15) is 5.82 Å². The normalized spacial score (nSPS) is 21.4. The van der Waals surface area contributed by atoms with Crippen LogP contribution in [-0.2, 0) is 17.6 Å². The van der Waals surface area contributed by atoms with E-state index in [1.54, 1.807) is 0 Å². The molecule has 3 aliphatic rings. The first kappa shape index (κ1) is 15.4. The standard InChI is InChI=1S/C18H24N4O2/c19-17(24)14-10-12-4-3-7-15(12)20-18(14)21-8-9-22(16(23)11-21)13-5-1-2-6-13/h10,13H,1-9,11H2,(H2,19,24). The molecule has 0 spiro atoms. The average molecular weight is 328 g/mol. The van der Waals surface area contributed by atoms with Crippen LogP contribution in [0.2, 0.25) is 0 Å². The molecule has 0 atom stereocenters. The molecule has 1 aromatic heterocycles. The van der Waals surface area contributed by atoms with Crippen molar-refractivity contribution in [2.24, 2.45) is 5.73 Å². The van der Waals surface area contributed by atoms with E-state index in [4.69, 9.17) is 10.7 Å². The number of anilines is 1. The molecule has 24 heavy (non-hydrogen) atoms. The third kappa shape index (κ3) is 2.64. The lowest BCUT2D eigenvalue weighted by Crippen LogP contribution is -2.54. The lowest BCUT2D eigenvalue weighted by atomic mass is 10.1. The maximum Gasteiger partial charge on any atom is 0.252 e. The molecule has 6 nitrogen and oxygen atoms in total. The van der Waals surface area contributed by atoms with E-state index >= 15 is 0 Å². The number of hydrogen-bond donors (Lipinski definition) is 1. The van der Waals surface area contributed by atoms with Crippen LogP contribution >= 0.6 is 0 Å². The van der Waals surface area contributed by atoms with E-state index in [9.17, 15) is 9.59 Å². The van der Waals surface area contributed by atoms with Crippen molar-refractivity contribution in [3.05, 3.63) is 22.9 Å². The van der Waals surface area contributed by atoms with Gasteiger partial charge in [-0.1, -0.05) is 12.8 Å². The molecule has 1 saturated carbocycles. The number of nitrogens with zero attached hydrogens (tertiary/aromatic N) is 3. The zero-order chi connectivity index (χ0) is 16.7. The van der Waals surface area contributed by atoms with Gasteiger partial charge in [-0.3, -0.25) is 9.59 Å². The summed E-state index contributed by atoms with van der Waals surface area (Å²) in [5, 5.41) is 0. The molecule has 6 heteroatoms. The molecule has 2 N–H and O–H groups in total. The van der Waals surface area contributed by atoms with Gasteiger partial charge in [0.05, 0.1) is 12.1 Å². The summed E-state index contributed by atoms with van der Waals surface area (Å²) in [6, 6.07) is 2.30. The van der Waals surface area contributed by atoms with Gasteiger partial charge in [0.25, 0.3) is 5.91 Å². The second-order valence-electron chi connectivity index (χ2n) is 7.13. The molecule has 2 amide bonds. The number of piperazine rings is 1. The Morgan fingerprint density at radius 2 is 1.96 bits per heavy atom. The van der Waals surface area contributed by atoms with Gasteiger partial charge in [-0.05, 0) is 43.7 Å². The van der Waals surface area contributed by atoms with E-state index in [0.29, 0.717) is 37.1 Å². The van der Waals surface area contributed by atoms with Crippen molar-refractivity contribution in [3.63, 3.8) is 0 Å². The van der Waals surface area contributed by atoms with Crippen LogP contribution in [0.15, 0.2) is 6.07 Å². The highest BCUT2D eigenvalue weighted by atomic mass is 16.2. The van der Waals surface area contributed by atoms with E-state index in [2.05, 4.69) is 0 Å². The third-order valence-electron chi connectivity index (χ3n) is 5.62. The third-order valence-corrected chi connectivity index (χ3v) is 5.62. The second-order valence-corrected chi connectivity index (χ2v) is 7.13. The van der Waals surface area contributed by atoms with E-state index in [-0.39, 0.29) is 5.91 Å². The van der Waals surface area contributed by atoms with Crippen molar-refractivity contribution in [2.45, 2.75) is 51.0 Å². The van der Waals surface area contributed by atoms with Crippen LogP contribution in [0.3, 0.4) is 0 Å². The number of nitrogens with two attached hydrogens (primary N) is 1. The summed E-state index contributed by atoms with van der Waals surface area (Å²) in [7, 11) is 0. The second kappa shape index (κ2) is 6.07. The molecule has 0 bridgehead atoms. The van der Waals surface area contributed by atoms with Gasteiger partial charge < -0.3 is 15.5 Å². The first-order valence-corrected chi connectivity index (χ1v) is 9.00. The van der Waals surface area contributed by atoms with Gasteiger partial charge in [-0.2, -0.15) is 0 Å². The maximum absolute atomic E-state index is 12.6. The molecule has 128 valence electrons. The molecular weight excluding hydrogens is 304 g/mol. The quantitative estimate of drug-likeness (QED) is 0.906. The monoisotopic (exact) mass is 328 g/mol. The van der Waals surface area contributed by atoms with Crippen LogP contribution in [0.1, 0.15) is 53.7 Å². The molecule has 2 heterocycles. The molecule has 2 fully saturated rings. The average Bonchev–Trinajstić information content (AvgIpc) is 3.24. The Kier molecular flexibility index (Phi) is 3.90. The van der Waals surface area contributed by atoms with E-state index in [1.807, 2.05) is 15.9 Å². The number of hydrogen-bond acceptors (Lipinski definition) is 4. The molecule has 1 saturated heterocycles. The number of primary amides is 1. The fraction of sp³-hybridized carbons (Fsp3) is 0.611. The minimum absolute atomic E-state index is 0.144. The zero-order valence-corrected chi connectivity index (χ0v) is 14.0. The van der Waals surface area contributed by atoms with Gasteiger partial charge in [0.2, 0.25) is 5.91 Å². The zero-order valence-electron chi connectivity index (χ0n) is 14.0. The van der Waals surface area contributed by atoms with Crippen LogP contribution in [0, 0.1) is 0 Å². The molecule has 1 aliphatic heterocycles. The summed E-state index contributed by atoms with van der Waals surface area (Å²) in [5.41, 5.74) is 8.22. The van der Waals surface area contributed by atoms with E-state index in [0.717, 1.165) is 43.4 Å². The summed E-state index contributed by atoms with van der Waals surface area (Å²) >= 11 is 0. The number of carbonyl (C=O) groups excluding carboxylic acids is 2. The van der Waals surface area contributed by atoms with Gasteiger partial charge in [-0.15, -0.1) is 0 Å². The molecule has 0 unspecified atom stereocenters. The predicted molar refractivity (Wildman–Crippen MR) is 91.0 cm³/mol. The highest BCUT2D eigenvalue weighted by Crippen LogP contribution is 2.30. The summed E-state index contributed by atoms with van der Waals surface area (Å²) in [5.74, 6) is 0.284. The molecule has 2 aliphatic carbocycles. The maximum atomic E-state index is 12.6. The van der Waals surface area contributed by atoms with Crippen molar-refractivity contribution in [2.75, 3.05) is 24.5 Å². The first-order chi connectivity index (χ1) is 11.6. The van der Waals surface area contributed by atoms with Gasteiger partial charge in [0, 0.05) is 24.8 Å². The molecular formula is C18H24N4O2. The smallest absolute Gasteiger partial charge is 0.252 e. The van der Waals surface area contributed by atoms with Crippen molar-refractivity contribution in [3.8, 4) is 0 Å². The van der Waals surface area contributed by atoms with E-state index < -0.39 is 5.91 Å². The predicted octanol–water partition coefficient (Wildman–Crippen LogP) is 1.26. The molecule has 0 aromatic carbocycles. The van der Waals surface area contributed by atoms with Crippen LogP contribution in [-0.4, -0.2) is 47.4 Å². The summed E-state index contributed by atoms with van der Waals surface area (Å²) in [6.07, 6.45) is 7.64. The summed E-state index contributed by atoms with van der Waals surface area (Å²) in [4.78, 5) is 33.2. The van der Waals surface area contributed by atoms with Crippen LogP contribution in [0.25, 0.3) is 0 Å². The van der Waals surface area contributed by atoms with Crippen LogP contribution < -0.4 is 10.6 Å². The number of pyridine rings is 1. The largest absolute Gasteiger partial charge is 0.365 e. The molecule has 1 aromatic rings. The van der Waals surface area contributed by atoms with Crippen LogP contribution in [0.4, 0.5) is 5.82 Å². The fourth-order valence-corrected chi connectivity index (χ4v) is 4.35. The Labute approximate surface area is 142 Å². The minimum Gasteiger partial charge on any atom is -0.365 e. The fourth-order valence-electron chi connectivity index (χ4n) is 4.35. The minimum atomic E-state index is -0.460. The number of fused-ring (bicyclic) bond motifs is 1. The Balaban J connectivity index is 1.58. The van der Waals surface area contributed by atoms with Crippen molar-refractivity contribution in [1.29, 1.82) is 0 Å². The van der Waals surface area contributed by atoms with Gasteiger partial charge in [-0.25, -0.2) is 4.98 Å². The Hall–Kier alpha value is -2.11. The number of amides is 2. The van der Waals surface area contributed by atoms with Gasteiger partial charge in [0.15, 0.2) is 0 Å². The number of aryl methyl sites for hydroxylation is 2. The lowest BCUT2D eigenvalue weighted by Gasteiger charge is -2.38. The number of aromatic nitrogens is 1. The molecule has 4 rings (SSSR count). The first-order valence-electron chi connectivity index (χ1n) is 9.00. The Morgan fingerprint density at radius 1 is 1.17 bits per heavy atom. The SMILES string of the molecule is NC(=O)c1cc2c(nc1N1CCN(C3CCCC3)C(=O)C1)CCC2. The molecule has 0 radical (unpaired) electrons. The van der Waals surface area contributed by atoms with Crippen LogP contribution in [0.5, 0.6) is 0 Å². The Bertz CT molecular complexity index is 682. The van der Waals surface area contributed by atoms with E-state index in [1.165, 1.54) is 12.8 Å². The van der Waals surface area contributed by atoms with Crippen molar-refractivity contribution >= 4 is 17.6 Å². The summed E-state index contributed by atoms with van der Waals surface area (Å²) in [6.45, 7) is 1.72. The van der Waals surface area contributed by atoms with Crippen molar-refractivity contribution in [1.82, 2.24) is 9.88 Å². The topological polar surface area (TPSA) is 79.5 Å². The highest BCUT2D eigenvalue weighted by Gasteiger charge is 2.33. The summed E-state index contributed by atoms with van der Waals surface area (Å²) < 4.78 is 0. The van der Waals surface area contributed by atoms with Crippen molar-refractivity contribution < 1.29 is 9.59 Å².